The van der Waals surface area contributed by atoms with Gasteiger partial charge in [0.1, 0.15) is 5.75 Å². The summed E-state index contributed by atoms with van der Waals surface area (Å²) >= 11 is 3.31. The first-order valence-electron chi connectivity index (χ1n) is 6.12. The Morgan fingerprint density at radius 2 is 1.74 bits per heavy atom. The smallest absolute Gasteiger partial charge is 0.166 e. The van der Waals surface area contributed by atoms with Crippen LogP contribution in [0.3, 0.4) is 0 Å². The number of aryl methyl sites for hydroxylation is 2. The van der Waals surface area contributed by atoms with E-state index in [-0.39, 0.29) is 11.6 Å². The molecule has 0 amide bonds. The monoisotopic (exact) mass is 322 g/mol. The lowest BCUT2D eigenvalue weighted by Crippen LogP contribution is -1.96. The van der Waals surface area contributed by atoms with Crippen molar-refractivity contribution in [2.24, 2.45) is 0 Å². The van der Waals surface area contributed by atoms with Crippen molar-refractivity contribution >= 4 is 15.9 Å². The second-order valence-electron chi connectivity index (χ2n) is 4.65. The molecular weight excluding hydrogens is 307 g/mol. The highest BCUT2D eigenvalue weighted by molar-refractivity contribution is 9.08. The first-order valence-corrected chi connectivity index (χ1v) is 7.24. The Balaban J connectivity index is 2.39. The number of halogens is 2. The summed E-state index contributed by atoms with van der Waals surface area (Å²) in [5.41, 5.74) is 4.08. The molecule has 1 nitrogen and oxygen atoms in total. The molecule has 19 heavy (non-hydrogen) atoms. The van der Waals surface area contributed by atoms with Gasteiger partial charge in [0.15, 0.2) is 11.6 Å². The van der Waals surface area contributed by atoms with Crippen molar-refractivity contribution in [3.63, 3.8) is 0 Å². The van der Waals surface area contributed by atoms with Gasteiger partial charge in [0.2, 0.25) is 0 Å². The van der Waals surface area contributed by atoms with Crippen molar-refractivity contribution in [3.05, 3.63) is 58.4 Å². The first-order chi connectivity index (χ1) is 9.02. The van der Waals surface area contributed by atoms with Gasteiger partial charge in [-0.1, -0.05) is 34.1 Å². The number of benzene rings is 2. The van der Waals surface area contributed by atoms with Crippen LogP contribution >= 0.6 is 15.9 Å². The highest BCUT2D eigenvalue weighted by atomic mass is 79.9. The zero-order valence-corrected chi connectivity index (χ0v) is 12.8. The van der Waals surface area contributed by atoms with Gasteiger partial charge in [-0.2, -0.15) is 0 Å². The average molecular weight is 323 g/mol. The summed E-state index contributed by atoms with van der Waals surface area (Å²) in [5.74, 6) is 0.671. The molecule has 0 fully saturated rings. The predicted octanol–water partition coefficient (Wildman–Crippen LogP) is 5.44. The van der Waals surface area contributed by atoms with Gasteiger partial charge in [0.25, 0.3) is 0 Å². The molecule has 0 atom stereocenters. The zero-order valence-electron chi connectivity index (χ0n) is 11.3. The number of hydrogen-bond acceptors (Lipinski definition) is 1. The second kappa shape index (κ2) is 5.74. The first kappa shape index (κ1) is 14.1. The molecule has 2 rings (SSSR count). The van der Waals surface area contributed by atoms with Crippen LogP contribution in [0.4, 0.5) is 4.39 Å². The van der Waals surface area contributed by atoms with Gasteiger partial charge in [-0.15, -0.1) is 0 Å². The molecule has 2 aromatic carbocycles. The van der Waals surface area contributed by atoms with Crippen molar-refractivity contribution in [2.75, 3.05) is 0 Å². The van der Waals surface area contributed by atoms with Crippen LogP contribution in [0.1, 0.15) is 22.3 Å². The Bertz CT molecular complexity index is 608. The van der Waals surface area contributed by atoms with Crippen molar-refractivity contribution in [3.8, 4) is 11.5 Å². The molecule has 0 spiro atoms. The zero-order chi connectivity index (χ0) is 14.0. The molecule has 0 aliphatic rings. The van der Waals surface area contributed by atoms with E-state index in [2.05, 4.69) is 15.9 Å². The largest absolute Gasteiger partial charge is 0.454 e. The van der Waals surface area contributed by atoms with Gasteiger partial charge in [-0.3, -0.25) is 0 Å². The van der Waals surface area contributed by atoms with Crippen LogP contribution in [0.5, 0.6) is 11.5 Å². The third-order valence-electron chi connectivity index (χ3n) is 3.24. The molecule has 0 aliphatic carbocycles. The highest BCUT2D eigenvalue weighted by Gasteiger charge is 2.11. The second-order valence-corrected chi connectivity index (χ2v) is 5.21. The van der Waals surface area contributed by atoms with Crippen molar-refractivity contribution in [1.82, 2.24) is 0 Å². The minimum Gasteiger partial charge on any atom is -0.454 e. The van der Waals surface area contributed by atoms with Crippen molar-refractivity contribution in [1.29, 1.82) is 0 Å². The predicted molar refractivity (Wildman–Crippen MR) is 79.8 cm³/mol. The molecule has 0 heterocycles. The van der Waals surface area contributed by atoms with Crippen LogP contribution in [-0.4, -0.2) is 0 Å². The van der Waals surface area contributed by atoms with Gasteiger partial charge < -0.3 is 4.74 Å². The summed E-state index contributed by atoms with van der Waals surface area (Å²) in [7, 11) is 0. The van der Waals surface area contributed by atoms with Gasteiger partial charge in [0.05, 0.1) is 0 Å². The van der Waals surface area contributed by atoms with E-state index in [9.17, 15) is 4.39 Å². The van der Waals surface area contributed by atoms with Crippen LogP contribution < -0.4 is 4.74 Å². The lowest BCUT2D eigenvalue weighted by Gasteiger charge is -2.14. The number of alkyl halides is 1. The summed E-state index contributed by atoms with van der Waals surface area (Å²) in [6.07, 6.45) is 0. The van der Waals surface area contributed by atoms with Crippen molar-refractivity contribution in [2.45, 2.75) is 26.1 Å². The average Bonchev–Trinajstić information content (AvgIpc) is 2.40. The van der Waals surface area contributed by atoms with Gasteiger partial charge >= 0.3 is 0 Å². The van der Waals surface area contributed by atoms with E-state index < -0.39 is 0 Å². The molecule has 0 aromatic heterocycles. The molecule has 0 saturated carbocycles. The summed E-state index contributed by atoms with van der Waals surface area (Å²) < 4.78 is 19.7. The van der Waals surface area contributed by atoms with E-state index >= 15 is 0 Å². The van der Waals surface area contributed by atoms with Gasteiger partial charge in [-0.25, -0.2) is 4.39 Å². The maximum atomic E-state index is 13.9. The Kier molecular flexibility index (Phi) is 4.25. The Morgan fingerprint density at radius 3 is 2.37 bits per heavy atom. The highest BCUT2D eigenvalue weighted by Crippen LogP contribution is 2.32. The lowest BCUT2D eigenvalue weighted by molar-refractivity contribution is 0.436. The lowest BCUT2D eigenvalue weighted by atomic mass is 10.1. The number of hydrogen-bond donors (Lipinski definition) is 0. The molecule has 3 heteroatoms. The number of rotatable bonds is 3. The van der Waals surface area contributed by atoms with E-state index in [1.807, 2.05) is 39.0 Å². The third kappa shape index (κ3) is 2.98. The molecule has 0 N–H and O–H groups in total. The molecular formula is C16H16BrFO. The topological polar surface area (TPSA) is 9.23 Å². The minimum absolute atomic E-state index is 0.265. The van der Waals surface area contributed by atoms with Gasteiger partial charge in [-0.05, 0) is 55.2 Å². The third-order valence-corrected chi connectivity index (χ3v) is 3.88. The Morgan fingerprint density at radius 1 is 1.05 bits per heavy atom. The van der Waals surface area contributed by atoms with E-state index in [1.54, 1.807) is 6.07 Å². The summed E-state index contributed by atoms with van der Waals surface area (Å²) in [5, 5.41) is 0.632. The fourth-order valence-electron chi connectivity index (χ4n) is 1.90. The van der Waals surface area contributed by atoms with Crippen LogP contribution in [0, 0.1) is 26.6 Å². The molecule has 0 aliphatic heterocycles. The van der Waals surface area contributed by atoms with Gasteiger partial charge in [0, 0.05) is 5.33 Å². The van der Waals surface area contributed by atoms with E-state index in [0.717, 1.165) is 28.0 Å². The molecule has 100 valence electrons. The molecule has 0 radical (unpaired) electrons. The number of ether oxygens (including phenoxy) is 1. The normalized spacial score (nSPS) is 10.6. The summed E-state index contributed by atoms with van der Waals surface area (Å²) in [4.78, 5) is 0. The maximum absolute atomic E-state index is 13.9. The molecule has 0 bridgehead atoms. The fraction of sp³-hybridized carbons (Fsp3) is 0.250. The van der Waals surface area contributed by atoms with Crippen LogP contribution in [0.25, 0.3) is 0 Å². The van der Waals surface area contributed by atoms with E-state index in [0.29, 0.717) is 5.33 Å². The molecule has 2 aromatic rings. The van der Waals surface area contributed by atoms with Crippen molar-refractivity contribution < 1.29 is 9.13 Å². The SMILES string of the molecule is Cc1ccc(C)c(Oc2ccc(CBr)cc2F)c1C. The van der Waals surface area contributed by atoms with E-state index in [1.165, 1.54) is 6.07 Å². The van der Waals surface area contributed by atoms with Crippen LogP contribution in [0.2, 0.25) is 0 Å². The van der Waals surface area contributed by atoms with Crippen LogP contribution in [-0.2, 0) is 5.33 Å². The standard InChI is InChI=1S/C16H16BrFO/c1-10-4-5-11(2)16(12(10)3)19-15-7-6-13(9-17)8-14(15)18/h4-8H,9H2,1-3H3. The quantitative estimate of drug-likeness (QED) is 0.684. The van der Waals surface area contributed by atoms with E-state index in [4.69, 9.17) is 4.74 Å². The molecule has 0 saturated heterocycles. The van der Waals surface area contributed by atoms with Crippen LogP contribution in [0.15, 0.2) is 30.3 Å². The molecule has 0 unspecified atom stereocenters. The summed E-state index contributed by atoms with van der Waals surface area (Å²) in [6.45, 7) is 5.97. The Hall–Kier alpha value is -1.35. The minimum atomic E-state index is -0.336. The Labute approximate surface area is 121 Å². The maximum Gasteiger partial charge on any atom is 0.166 e. The summed E-state index contributed by atoms with van der Waals surface area (Å²) in [6, 6.07) is 9.05. The fourth-order valence-corrected chi connectivity index (χ4v) is 2.25.